The van der Waals surface area contributed by atoms with Crippen LogP contribution in [-0.2, 0) is 4.74 Å². The van der Waals surface area contributed by atoms with Gasteiger partial charge in [-0.2, -0.15) is 0 Å². The molecule has 0 N–H and O–H groups in total. The summed E-state index contributed by atoms with van der Waals surface area (Å²) in [5.41, 5.74) is 8.81. The fourth-order valence-corrected chi connectivity index (χ4v) is 2.70. The lowest BCUT2D eigenvalue weighted by Crippen LogP contribution is -2.19. The van der Waals surface area contributed by atoms with Crippen molar-refractivity contribution in [3.63, 3.8) is 0 Å². The second-order valence-corrected chi connectivity index (χ2v) is 5.61. The van der Waals surface area contributed by atoms with E-state index in [9.17, 15) is 4.39 Å². The van der Waals surface area contributed by atoms with Gasteiger partial charge in [-0.05, 0) is 23.9 Å². The van der Waals surface area contributed by atoms with Crippen LogP contribution in [0.3, 0.4) is 0 Å². The molecule has 4 nitrogen and oxygen atoms in total. The van der Waals surface area contributed by atoms with Gasteiger partial charge in [0.05, 0.1) is 17.7 Å². The molecule has 0 radical (unpaired) electrons. The summed E-state index contributed by atoms with van der Waals surface area (Å²) >= 11 is 5.90. The number of azide groups is 1. The first kappa shape index (κ1) is 18.8. The van der Waals surface area contributed by atoms with Gasteiger partial charge in [0, 0.05) is 17.0 Å². The Balaban J connectivity index is 2.97. The molecule has 0 aliphatic heterocycles. The summed E-state index contributed by atoms with van der Waals surface area (Å²) in [6.07, 6.45) is 3.63. The van der Waals surface area contributed by atoms with Crippen molar-refractivity contribution in [1.29, 1.82) is 0 Å². The maximum absolute atomic E-state index is 14.4. The van der Waals surface area contributed by atoms with E-state index in [4.69, 9.17) is 21.9 Å². The predicted molar refractivity (Wildman–Crippen MR) is 87.4 cm³/mol. The lowest BCUT2D eigenvalue weighted by Gasteiger charge is -2.27. The molecule has 0 saturated carbocycles. The van der Waals surface area contributed by atoms with Crippen LogP contribution in [0.25, 0.3) is 10.4 Å². The summed E-state index contributed by atoms with van der Waals surface area (Å²) in [4.78, 5) is 2.70. The van der Waals surface area contributed by atoms with Crippen molar-refractivity contribution < 1.29 is 9.13 Å². The summed E-state index contributed by atoms with van der Waals surface area (Å²) in [5, 5.41) is 3.56. The van der Waals surface area contributed by atoms with Crippen molar-refractivity contribution in [3.8, 4) is 0 Å². The average Bonchev–Trinajstić information content (AvgIpc) is 2.53. The van der Waals surface area contributed by atoms with Crippen LogP contribution >= 0.6 is 11.6 Å². The highest BCUT2D eigenvalue weighted by molar-refractivity contribution is 6.30. The molecule has 2 atom stereocenters. The molecular weight excluding hydrogens is 305 g/mol. The van der Waals surface area contributed by atoms with Gasteiger partial charge in [0.1, 0.15) is 5.82 Å². The van der Waals surface area contributed by atoms with Gasteiger partial charge in [-0.1, -0.05) is 62.0 Å². The number of rotatable bonds is 10. The van der Waals surface area contributed by atoms with Crippen LogP contribution in [0.5, 0.6) is 0 Å². The zero-order valence-electron chi connectivity index (χ0n) is 13.1. The van der Waals surface area contributed by atoms with Gasteiger partial charge in [0.15, 0.2) is 0 Å². The Bertz CT molecular complexity index is 506. The fourth-order valence-electron chi connectivity index (χ4n) is 2.52. The molecule has 1 aromatic carbocycles. The van der Waals surface area contributed by atoms with E-state index >= 15 is 0 Å². The number of benzene rings is 1. The van der Waals surface area contributed by atoms with E-state index in [1.54, 1.807) is 12.1 Å². The molecule has 0 heterocycles. The molecule has 0 aliphatic carbocycles. The van der Waals surface area contributed by atoms with E-state index in [0.29, 0.717) is 5.56 Å². The van der Waals surface area contributed by atoms with Crippen LogP contribution in [0.15, 0.2) is 23.3 Å². The zero-order valence-corrected chi connectivity index (χ0v) is 13.9. The lowest BCUT2D eigenvalue weighted by atomic mass is 9.88. The van der Waals surface area contributed by atoms with Crippen molar-refractivity contribution >= 4 is 11.6 Å². The van der Waals surface area contributed by atoms with Gasteiger partial charge in [0.25, 0.3) is 0 Å². The van der Waals surface area contributed by atoms with E-state index in [1.165, 1.54) is 6.07 Å². The lowest BCUT2D eigenvalue weighted by molar-refractivity contribution is 0.00780. The van der Waals surface area contributed by atoms with E-state index in [-0.39, 0.29) is 30.2 Å². The third kappa shape index (κ3) is 5.48. The molecule has 1 aromatic rings. The Morgan fingerprint density at radius 1 is 1.41 bits per heavy atom. The molecule has 0 amide bonds. The number of nitrogens with zero attached hydrogens (tertiary/aromatic N) is 3. The summed E-state index contributed by atoms with van der Waals surface area (Å²) in [5.74, 6) is -0.216. The minimum atomic E-state index is -0.423. The van der Waals surface area contributed by atoms with Gasteiger partial charge in [-0.15, -0.1) is 0 Å². The van der Waals surface area contributed by atoms with Crippen LogP contribution in [0, 0.1) is 11.7 Å². The van der Waals surface area contributed by atoms with Crippen LogP contribution in [-0.4, -0.2) is 13.2 Å². The fraction of sp³-hybridized carbons (Fsp3) is 0.625. The molecule has 0 aliphatic rings. The third-order valence-corrected chi connectivity index (χ3v) is 4.01. The minimum Gasteiger partial charge on any atom is -0.373 e. The molecule has 0 fully saturated rings. The predicted octanol–water partition coefficient (Wildman–Crippen LogP) is 6.06. The van der Waals surface area contributed by atoms with E-state index in [0.717, 1.165) is 25.7 Å². The quantitative estimate of drug-likeness (QED) is 0.223. The van der Waals surface area contributed by atoms with Crippen molar-refractivity contribution in [2.75, 3.05) is 13.2 Å². The molecule has 1 rings (SSSR count). The SMILES string of the molecule is CCCC[C@H](CC)C(OCCN=[N+]=[N-])c1cccc(Cl)c1F. The van der Waals surface area contributed by atoms with Gasteiger partial charge in [-0.3, -0.25) is 0 Å². The van der Waals surface area contributed by atoms with Crippen molar-refractivity contribution in [3.05, 3.63) is 45.0 Å². The maximum Gasteiger partial charge on any atom is 0.147 e. The summed E-state index contributed by atoms with van der Waals surface area (Å²) in [6, 6.07) is 4.98. The first-order valence-corrected chi connectivity index (χ1v) is 8.09. The first-order valence-electron chi connectivity index (χ1n) is 7.72. The number of hydrogen-bond acceptors (Lipinski definition) is 2. The van der Waals surface area contributed by atoms with Crippen molar-refractivity contribution in [2.24, 2.45) is 11.0 Å². The molecule has 22 heavy (non-hydrogen) atoms. The largest absolute Gasteiger partial charge is 0.373 e. The minimum absolute atomic E-state index is 0.103. The molecule has 122 valence electrons. The molecule has 1 unspecified atom stereocenters. The highest BCUT2D eigenvalue weighted by Gasteiger charge is 2.25. The number of halogens is 2. The standard InChI is InChI=1S/C16H23ClFN3O/c1-3-5-7-12(4-2)16(22-11-10-20-21-19)13-8-6-9-14(17)15(13)18/h6,8-9,12,16H,3-5,7,10-11H2,1-2H3/t12-,16?/m0/s1. The zero-order chi connectivity index (χ0) is 16.4. The van der Waals surface area contributed by atoms with Crippen LogP contribution in [0.4, 0.5) is 4.39 Å². The van der Waals surface area contributed by atoms with Crippen molar-refractivity contribution in [2.45, 2.75) is 45.6 Å². The number of unbranched alkanes of at least 4 members (excludes halogenated alkanes) is 1. The van der Waals surface area contributed by atoms with Gasteiger partial charge >= 0.3 is 0 Å². The van der Waals surface area contributed by atoms with Crippen LogP contribution in [0.2, 0.25) is 5.02 Å². The Labute approximate surface area is 136 Å². The van der Waals surface area contributed by atoms with Crippen LogP contribution < -0.4 is 0 Å². The van der Waals surface area contributed by atoms with Gasteiger partial charge in [-0.25, -0.2) is 4.39 Å². The summed E-state index contributed by atoms with van der Waals surface area (Å²) < 4.78 is 20.2. The Hall–Kier alpha value is -1.29. The summed E-state index contributed by atoms with van der Waals surface area (Å²) in [6.45, 7) is 4.71. The molecular formula is C16H23ClFN3O. The molecule has 0 aromatic heterocycles. The third-order valence-electron chi connectivity index (χ3n) is 3.72. The Morgan fingerprint density at radius 3 is 2.82 bits per heavy atom. The smallest absolute Gasteiger partial charge is 0.147 e. The Morgan fingerprint density at radius 2 is 2.18 bits per heavy atom. The molecule has 0 saturated heterocycles. The highest BCUT2D eigenvalue weighted by Crippen LogP contribution is 2.35. The number of hydrogen-bond donors (Lipinski definition) is 0. The van der Waals surface area contributed by atoms with Crippen molar-refractivity contribution in [1.82, 2.24) is 0 Å². The van der Waals surface area contributed by atoms with Crippen LogP contribution in [0.1, 0.15) is 51.2 Å². The van der Waals surface area contributed by atoms with E-state index in [1.807, 2.05) is 0 Å². The monoisotopic (exact) mass is 327 g/mol. The second-order valence-electron chi connectivity index (χ2n) is 5.20. The highest BCUT2D eigenvalue weighted by atomic mass is 35.5. The number of ether oxygens (including phenoxy) is 1. The average molecular weight is 328 g/mol. The van der Waals surface area contributed by atoms with E-state index in [2.05, 4.69) is 23.9 Å². The first-order chi connectivity index (χ1) is 10.7. The maximum atomic E-state index is 14.4. The summed E-state index contributed by atoms with van der Waals surface area (Å²) in [7, 11) is 0. The Kier molecular flexibility index (Phi) is 8.90. The van der Waals surface area contributed by atoms with Gasteiger partial charge < -0.3 is 4.74 Å². The second kappa shape index (κ2) is 10.4. The van der Waals surface area contributed by atoms with E-state index < -0.39 is 5.82 Å². The topological polar surface area (TPSA) is 58.0 Å². The molecule has 0 bridgehead atoms. The molecule has 6 heteroatoms. The molecule has 0 spiro atoms. The normalized spacial score (nSPS) is 13.5. The van der Waals surface area contributed by atoms with Gasteiger partial charge in [0.2, 0.25) is 0 Å².